The lowest BCUT2D eigenvalue weighted by Gasteiger charge is -2.17. The summed E-state index contributed by atoms with van der Waals surface area (Å²) in [5.74, 6) is 0.649. The minimum atomic E-state index is -0.0207. The number of benzene rings is 1. The SMILES string of the molecule is CCn1c(NC(=O)CC(C)(C)C)nc2ccccc21. The van der Waals surface area contributed by atoms with Gasteiger partial charge in [0.05, 0.1) is 11.0 Å². The number of hydrogen-bond acceptors (Lipinski definition) is 2. The van der Waals surface area contributed by atoms with E-state index in [4.69, 9.17) is 0 Å². The zero-order chi connectivity index (χ0) is 14.0. The minimum Gasteiger partial charge on any atom is -0.310 e. The molecule has 1 aromatic carbocycles. The van der Waals surface area contributed by atoms with Gasteiger partial charge < -0.3 is 4.57 Å². The van der Waals surface area contributed by atoms with Crippen molar-refractivity contribution >= 4 is 22.9 Å². The first kappa shape index (κ1) is 13.6. The van der Waals surface area contributed by atoms with Gasteiger partial charge in [-0.05, 0) is 24.5 Å². The molecule has 0 spiro atoms. The molecule has 0 saturated heterocycles. The summed E-state index contributed by atoms with van der Waals surface area (Å²) in [7, 11) is 0. The number of aromatic nitrogens is 2. The number of nitrogens with zero attached hydrogens (tertiary/aromatic N) is 2. The first-order valence-electron chi connectivity index (χ1n) is 6.66. The van der Waals surface area contributed by atoms with Gasteiger partial charge in [0, 0.05) is 13.0 Å². The van der Waals surface area contributed by atoms with Crippen LogP contribution < -0.4 is 5.32 Å². The van der Waals surface area contributed by atoms with Crippen molar-refractivity contribution in [1.82, 2.24) is 9.55 Å². The molecule has 2 rings (SSSR count). The molecule has 0 radical (unpaired) electrons. The van der Waals surface area contributed by atoms with E-state index >= 15 is 0 Å². The lowest BCUT2D eigenvalue weighted by molar-refractivity contribution is -0.117. The lowest BCUT2D eigenvalue weighted by Crippen LogP contribution is -2.21. The summed E-state index contributed by atoms with van der Waals surface area (Å²) in [4.78, 5) is 16.5. The average molecular weight is 259 g/mol. The van der Waals surface area contributed by atoms with E-state index < -0.39 is 0 Å². The van der Waals surface area contributed by atoms with Gasteiger partial charge in [0.15, 0.2) is 0 Å². The van der Waals surface area contributed by atoms with Crippen molar-refractivity contribution < 1.29 is 4.79 Å². The second-order valence-electron chi connectivity index (χ2n) is 5.95. The maximum Gasteiger partial charge on any atom is 0.227 e. The lowest BCUT2D eigenvalue weighted by atomic mass is 9.92. The molecule has 0 fully saturated rings. The summed E-state index contributed by atoms with van der Waals surface area (Å²) in [6.45, 7) is 8.99. The van der Waals surface area contributed by atoms with Crippen LogP contribution >= 0.6 is 0 Å². The first-order valence-corrected chi connectivity index (χ1v) is 6.66. The Balaban J connectivity index is 2.28. The molecule has 0 aliphatic rings. The predicted molar refractivity (Wildman–Crippen MR) is 78.1 cm³/mol. The molecular formula is C15H21N3O. The van der Waals surface area contributed by atoms with Gasteiger partial charge in [-0.25, -0.2) is 4.98 Å². The van der Waals surface area contributed by atoms with Gasteiger partial charge in [0.1, 0.15) is 0 Å². The molecule has 4 nitrogen and oxygen atoms in total. The largest absolute Gasteiger partial charge is 0.310 e. The number of imidazole rings is 1. The van der Waals surface area contributed by atoms with Gasteiger partial charge >= 0.3 is 0 Å². The molecule has 1 heterocycles. The summed E-state index contributed by atoms with van der Waals surface area (Å²) < 4.78 is 2.02. The minimum absolute atomic E-state index is 0.0116. The molecule has 0 saturated carbocycles. The molecule has 0 atom stereocenters. The molecule has 0 bridgehead atoms. The molecule has 102 valence electrons. The number of rotatable bonds is 3. The van der Waals surface area contributed by atoms with E-state index in [9.17, 15) is 4.79 Å². The van der Waals surface area contributed by atoms with Crippen LogP contribution in [0.5, 0.6) is 0 Å². The molecular weight excluding hydrogens is 238 g/mol. The molecule has 0 aliphatic heterocycles. The summed E-state index contributed by atoms with van der Waals surface area (Å²) in [5, 5.41) is 2.92. The van der Waals surface area contributed by atoms with Crippen molar-refractivity contribution in [2.24, 2.45) is 5.41 Å². The fraction of sp³-hybridized carbons (Fsp3) is 0.467. The Hall–Kier alpha value is -1.84. The van der Waals surface area contributed by atoms with Gasteiger partial charge in [-0.2, -0.15) is 0 Å². The van der Waals surface area contributed by atoms with Gasteiger partial charge in [-0.3, -0.25) is 10.1 Å². The maximum absolute atomic E-state index is 12.0. The standard InChI is InChI=1S/C15H21N3O/c1-5-18-12-9-7-6-8-11(12)16-14(18)17-13(19)10-15(2,3)4/h6-9H,5,10H2,1-4H3,(H,16,17,19). The summed E-state index contributed by atoms with van der Waals surface area (Å²) >= 11 is 0. The molecule has 4 heteroatoms. The summed E-state index contributed by atoms with van der Waals surface area (Å²) in [6, 6.07) is 7.92. The van der Waals surface area contributed by atoms with Crippen molar-refractivity contribution in [1.29, 1.82) is 0 Å². The third-order valence-corrected chi connectivity index (χ3v) is 2.91. The third kappa shape index (κ3) is 3.13. The summed E-state index contributed by atoms with van der Waals surface area (Å²) in [5.41, 5.74) is 1.94. The highest BCUT2D eigenvalue weighted by molar-refractivity contribution is 5.91. The Morgan fingerprint density at radius 2 is 2.00 bits per heavy atom. The molecule has 1 amide bonds. The van der Waals surface area contributed by atoms with Crippen LogP contribution in [0.4, 0.5) is 5.95 Å². The van der Waals surface area contributed by atoms with Crippen LogP contribution in [-0.4, -0.2) is 15.5 Å². The van der Waals surface area contributed by atoms with Crippen LogP contribution in [-0.2, 0) is 11.3 Å². The number of hydrogen-bond donors (Lipinski definition) is 1. The van der Waals surface area contributed by atoms with Crippen molar-refractivity contribution in [2.75, 3.05) is 5.32 Å². The zero-order valence-corrected chi connectivity index (χ0v) is 12.0. The quantitative estimate of drug-likeness (QED) is 0.918. The number of para-hydroxylation sites is 2. The van der Waals surface area contributed by atoms with Crippen LogP contribution in [0.2, 0.25) is 0 Å². The van der Waals surface area contributed by atoms with Crippen LogP contribution in [0.3, 0.4) is 0 Å². The number of fused-ring (bicyclic) bond motifs is 1. The number of carbonyl (C=O) groups excluding carboxylic acids is 1. The highest BCUT2D eigenvalue weighted by Crippen LogP contribution is 2.22. The Bertz CT molecular complexity index is 593. The van der Waals surface area contributed by atoms with E-state index in [2.05, 4.69) is 31.1 Å². The van der Waals surface area contributed by atoms with E-state index in [1.165, 1.54) is 0 Å². The highest BCUT2D eigenvalue weighted by Gasteiger charge is 2.18. The van der Waals surface area contributed by atoms with Crippen LogP contribution in [0.15, 0.2) is 24.3 Å². The second kappa shape index (κ2) is 5.03. The van der Waals surface area contributed by atoms with Crippen molar-refractivity contribution in [3.8, 4) is 0 Å². The van der Waals surface area contributed by atoms with Gasteiger partial charge in [-0.1, -0.05) is 32.9 Å². The Morgan fingerprint density at radius 3 is 2.63 bits per heavy atom. The molecule has 0 unspecified atom stereocenters. The Morgan fingerprint density at radius 1 is 1.32 bits per heavy atom. The number of anilines is 1. The second-order valence-corrected chi connectivity index (χ2v) is 5.95. The predicted octanol–water partition coefficient (Wildman–Crippen LogP) is 3.43. The van der Waals surface area contributed by atoms with Crippen molar-refractivity contribution in [2.45, 2.75) is 40.7 Å². The molecule has 19 heavy (non-hydrogen) atoms. The zero-order valence-electron chi connectivity index (χ0n) is 12.0. The van der Waals surface area contributed by atoms with Crippen LogP contribution in [0.1, 0.15) is 34.1 Å². The molecule has 1 aromatic heterocycles. The fourth-order valence-corrected chi connectivity index (χ4v) is 2.14. The smallest absolute Gasteiger partial charge is 0.227 e. The third-order valence-electron chi connectivity index (χ3n) is 2.91. The van der Waals surface area contributed by atoms with E-state index in [-0.39, 0.29) is 11.3 Å². The number of amides is 1. The highest BCUT2D eigenvalue weighted by atomic mass is 16.1. The van der Waals surface area contributed by atoms with E-state index in [1.807, 2.05) is 35.8 Å². The van der Waals surface area contributed by atoms with E-state index in [0.717, 1.165) is 17.6 Å². The Labute approximate surface area is 113 Å². The number of carbonyl (C=O) groups is 1. The Kier molecular flexibility index (Phi) is 3.60. The maximum atomic E-state index is 12.0. The molecule has 1 N–H and O–H groups in total. The monoisotopic (exact) mass is 259 g/mol. The van der Waals surface area contributed by atoms with Crippen LogP contribution in [0, 0.1) is 5.41 Å². The topological polar surface area (TPSA) is 46.9 Å². The number of nitrogens with one attached hydrogen (secondary N) is 1. The number of aryl methyl sites for hydroxylation is 1. The van der Waals surface area contributed by atoms with Gasteiger partial charge in [0.2, 0.25) is 11.9 Å². The fourth-order valence-electron chi connectivity index (χ4n) is 2.14. The van der Waals surface area contributed by atoms with E-state index in [1.54, 1.807) is 0 Å². The van der Waals surface area contributed by atoms with E-state index in [0.29, 0.717) is 12.4 Å². The van der Waals surface area contributed by atoms with Crippen molar-refractivity contribution in [3.05, 3.63) is 24.3 Å². The van der Waals surface area contributed by atoms with Crippen molar-refractivity contribution in [3.63, 3.8) is 0 Å². The summed E-state index contributed by atoms with van der Waals surface area (Å²) in [6.07, 6.45) is 0.486. The van der Waals surface area contributed by atoms with Gasteiger partial charge in [0.25, 0.3) is 0 Å². The molecule has 2 aromatic rings. The average Bonchev–Trinajstić information content (AvgIpc) is 2.63. The normalized spacial score (nSPS) is 11.8. The molecule has 0 aliphatic carbocycles. The first-order chi connectivity index (χ1) is 8.90. The van der Waals surface area contributed by atoms with Gasteiger partial charge in [-0.15, -0.1) is 0 Å². The van der Waals surface area contributed by atoms with Crippen LogP contribution in [0.25, 0.3) is 11.0 Å².